The van der Waals surface area contributed by atoms with E-state index in [0.717, 1.165) is 55.3 Å². The van der Waals surface area contributed by atoms with Gasteiger partial charge in [-0.2, -0.15) is 0 Å². The van der Waals surface area contributed by atoms with Crippen molar-refractivity contribution in [3.05, 3.63) is 64.5 Å². The molecule has 0 amide bonds. The van der Waals surface area contributed by atoms with E-state index < -0.39 is 0 Å². The van der Waals surface area contributed by atoms with Gasteiger partial charge in [0.1, 0.15) is 0 Å². The van der Waals surface area contributed by atoms with Crippen LogP contribution in [0, 0.1) is 5.92 Å². The third-order valence-electron chi connectivity index (χ3n) is 7.67. The second-order valence-electron chi connectivity index (χ2n) is 9.65. The van der Waals surface area contributed by atoms with E-state index in [1.54, 1.807) is 0 Å². The number of unbranched alkanes of at least 4 members (excludes halogenated alkanes) is 1. The average Bonchev–Trinajstić information content (AvgIpc) is 3.48. The molecule has 3 aromatic rings. The van der Waals surface area contributed by atoms with Crippen LogP contribution in [0.4, 0.5) is 0 Å². The summed E-state index contributed by atoms with van der Waals surface area (Å²) in [6.07, 6.45) is 15.4. The van der Waals surface area contributed by atoms with Crippen LogP contribution in [0.3, 0.4) is 0 Å². The maximum Gasteiger partial charge on any atom is 0.328 e. The van der Waals surface area contributed by atoms with Gasteiger partial charge in [0, 0.05) is 47.9 Å². The monoisotopic (exact) mass is 459 g/mol. The Morgan fingerprint density at radius 1 is 1.24 bits per heavy atom. The molecule has 34 heavy (non-hydrogen) atoms. The Balaban J connectivity index is 1.56. The molecule has 5 rings (SSSR count). The maximum absolute atomic E-state index is 13.8. The first-order valence-electron chi connectivity index (χ1n) is 12.5. The highest BCUT2D eigenvalue weighted by molar-refractivity contribution is 5.65. The summed E-state index contributed by atoms with van der Waals surface area (Å²) in [7, 11) is 0. The number of allylic oxidation sites excluding steroid dienone is 1. The quantitative estimate of drug-likeness (QED) is 0.511. The van der Waals surface area contributed by atoms with Crippen molar-refractivity contribution in [1.29, 1.82) is 0 Å². The van der Waals surface area contributed by atoms with Gasteiger partial charge in [0.05, 0.1) is 0 Å². The molecule has 1 fully saturated rings. The van der Waals surface area contributed by atoms with Crippen LogP contribution in [0.1, 0.15) is 69.7 Å². The first-order chi connectivity index (χ1) is 16.6. The molecule has 0 radical (unpaired) electrons. The summed E-state index contributed by atoms with van der Waals surface area (Å²) >= 11 is 0. The Bertz CT molecular complexity index is 1230. The normalized spacial score (nSPS) is 23.8. The molecule has 0 spiro atoms. The van der Waals surface area contributed by atoms with E-state index in [1.165, 1.54) is 6.42 Å². The largest absolute Gasteiger partial charge is 0.328 e. The highest BCUT2D eigenvalue weighted by Gasteiger charge is 2.36. The lowest BCUT2D eigenvalue weighted by atomic mass is 9.76. The molecule has 8 nitrogen and oxygen atoms in total. The fourth-order valence-electron chi connectivity index (χ4n) is 5.40. The second kappa shape index (κ2) is 9.52. The van der Waals surface area contributed by atoms with Crippen molar-refractivity contribution in [2.75, 3.05) is 0 Å². The number of rotatable bonds is 9. The zero-order valence-electron chi connectivity index (χ0n) is 20.0. The van der Waals surface area contributed by atoms with Crippen molar-refractivity contribution >= 4 is 6.21 Å². The predicted molar refractivity (Wildman–Crippen MR) is 133 cm³/mol. The van der Waals surface area contributed by atoms with Gasteiger partial charge in [-0.1, -0.05) is 51.0 Å². The van der Waals surface area contributed by atoms with E-state index in [0.29, 0.717) is 24.3 Å². The van der Waals surface area contributed by atoms with Gasteiger partial charge in [0.25, 0.3) is 0 Å². The number of imidazole rings is 1. The molecule has 0 bridgehead atoms. The smallest absolute Gasteiger partial charge is 0.296 e. The fraction of sp³-hybridized carbons (Fsp3) is 0.500. The van der Waals surface area contributed by atoms with Crippen molar-refractivity contribution in [3.63, 3.8) is 0 Å². The van der Waals surface area contributed by atoms with E-state index in [-0.39, 0.29) is 11.1 Å². The molecule has 1 N–H and O–H groups in total. The second-order valence-corrected chi connectivity index (χ2v) is 9.65. The van der Waals surface area contributed by atoms with E-state index in [4.69, 9.17) is 0 Å². The van der Waals surface area contributed by atoms with Crippen molar-refractivity contribution in [2.24, 2.45) is 10.9 Å². The molecule has 1 aliphatic heterocycles. The lowest BCUT2D eigenvalue weighted by Gasteiger charge is -2.36. The van der Waals surface area contributed by atoms with Gasteiger partial charge in [0.2, 0.25) is 0 Å². The molecule has 178 valence electrons. The molecule has 3 unspecified atom stereocenters. The van der Waals surface area contributed by atoms with Crippen LogP contribution in [0.2, 0.25) is 0 Å². The van der Waals surface area contributed by atoms with Gasteiger partial charge in [-0.15, -0.1) is 5.10 Å². The standard InChI is InChI=1S/C26H33N7O/c1-3-5-9-22-17-32(23-11-10-19(23)4-2)25(34)33(22)18-26(12-14-27-15-13-26)21-8-6-7-20(16-21)24-28-30-31-29-24/h6-8,12,14-17,19,23H,3-5,9-11,13,18H2,1-2H3,(H,28,29,30,31). The number of nitrogens with zero attached hydrogens (tertiary/aromatic N) is 6. The van der Waals surface area contributed by atoms with Crippen molar-refractivity contribution in [3.8, 4) is 11.4 Å². The zero-order chi connectivity index (χ0) is 23.5. The third-order valence-corrected chi connectivity index (χ3v) is 7.67. The van der Waals surface area contributed by atoms with Crippen LogP contribution >= 0.6 is 0 Å². The molecular formula is C26H33N7O. The van der Waals surface area contributed by atoms with Crippen LogP contribution in [0.25, 0.3) is 11.4 Å². The maximum atomic E-state index is 13.8. The van der Waals surface area contributed by atoms with Gasteiger partial charge in [0.15, 0.2) is 5.82 Å². The van der Waals surface area contributed by atoms with E-state index in [2.05, 4.69) is 63.9 Å². The van der Waals surface area contributed by atoms with Gasteiger partial charge >= 0.3 is 5.69 Å². The molecule has 3 heterocycles. The summed E-state index contributed by atoms with van der Waals surface area (Å²) in [5.74, 6) is 1.24. The minimum atomic E-state index is -0.369. The summed E-state index contributed by atoms with van der Waals surface area (Å²) in [4.78, 5) is 18.1. The van der Waals surface area contributed by atoms with Gasteiger partial charge in [-0.3, -0.25) is 14.1 Å². The number of aryl methyl sites for hydroxylation is 1. The molecule has 2 aromatic heterocycles. The Morgan fingerprint density at radius 3 is 2.82 bits per heavy atom. The van der Waals surface area contributed by atoms with E-state index in [1.807, 2.05) is 33.7 Å². The number of aliphatic imine (C=N–C) groups is 1. The Kier molecular flexibility index (Phi) is 6.30. The highest BCUT2D eigenvalue weighted by atomic mass is 16.1. The number of hydrogen-bond donors (Lipinski definition) is 1. The van der Waals surface area contributed by atoms with Crippen LogP contribution in [-0.4, -0.2) is 36.0 Å². The topological polar surface area (TPSA) is 93.7 Å². The molecular weight excluding hydrogens is 426 g/mol. The summed E-state index contributed by atoms with van der Waals surface area (Å²) in [6, 6.07) is 8.61. The SMILES string of the molecule is CCCCc1cn(C2CCC2CC)c(=O)n1CC1(c2cccc(-c3nnn[nH]3)c2)C=CN=CC1. The van der Waals surface area contributed by atoms with Crippen LogP contribution in [0.15, 0.2) is 52.5 Å². The molecule has 0 saturated heterocycles. The van der Waals surface area contributed by atoms with E-state index in [9.17, 15) is 4.79 Å². The Labute approximate surface area is 199 Å². The minimum absolute atomic E-state index is 0.125. The summed E-state index contributed by atoms with van der Waals surface area (Å²) < 4.78 is 4.07. The van der Waals surface area contributed by atoms with E-state index >= 15 is 0 Å². The van der Waals surface area contributed by atoms with Gasteiger partial charge in [-0.05, 0) is 60.1 Å². The van der Waals surface area contributed by atoms with Crippen LogP contribution in [-0.2, 0) is 18.4 Å². The first kappa shape index (κ1) is 22.5. The number of benzene rings is 1. The lowest BCUT2D eigenvalue weighted by molar-refractivity contribution is 0.171. The average molecular weight is 460 g/mol. The summed E-state index contributed by atoms with van der Waals surface area (Å²) in [5, 5.41) is 14.4. The Hall–Kier alpha value is -3.29. The molecule has 8 heteroatoms. The summed E-state index contributed by atoms with van der Waals surface area (Å²) in [5.41, 5.74) is 2.94. The molecule has 1 aliphatic carbocycles. The number of aromatic amines is 1. The van der Waals surface area contributed by atoms with Gasteiger partial charge in [-0.25, -0.2) is 9.89 Å². The number of aromatic nitrogens is 6. The number of tetrazole rings is 1. The van der Waals surface area contributed by atoms with Crippen molar-refractivity contribution < 1.29 is 0 Å². The van der Waals surface area contributed by atoms with Crippen LogP contribution in [0.5, 0.6) is 0 Å². The fourth-order valence-corrected chi connectivity index (χ4v) is 5.40. The van der Waals surface area contributed by atoms with Crippen molar-refractivity contribution in [1.82, 2.24) is 29.8 Å². The number of nitrogens with one attached hydrogen (secondary N) is 1. The molecule has 1 saturated carbocycles. The predicted octanol–water partition coefficient (Wildman–Crippen LogP) is 4.46. The lowest BCUT2D eigenvalue weighted by Crippen LogP contribution is -2.40. The van der Waals surface area contributed by atoms with Crippen LogP contribution < -0.4 is 5.69 Å². The molecule has 3 atom stereocenters. The number of H-pyrrole nitrogens is 1. The summed E-state index contributed by atoms with van der Waals surface area (Å²) in [6.45, 7) is 5.02. The highest BCUT2D eigenvalue weighted by Crippen LogP contribution is 2.40. The molecule has 2 aliphatic rings. The first-order valence-corrected chi connectivity index (χ1v) is 12.5. The van der Waals surface area contributed by atoms with Crippen molar-refractivity contribution in [2.45, 2.75) is 76.8 Å². The van der Waals surface area contributed by atoms with Gasteiger partial charge < -0.3 is 0 Å². The Morgan fingerprint density at radius 2 is 2.15 bits per heavy atom. The minimum Gasteiger partial charge on any atom is -0.296 e. The zero-order valence-corrected chi connectivity index (χ0v) is 20.0. The number of hydrogen-bond acceptors (Lipinski definition) is 5. The molecule has 1 aromatic carbocycles. The third kappa shape index (κ3) is 4.06.